The second-order valence-electron chi connectivity index (χ2n) is 7.28. The molecule has 0 aliphatic heterocycles. The number of carbonyl (C=O) groups excluding carboxylic acids is 1. The van der Waals surface area contributed by atoms with Crippen LogP contribution >= 0.6 is 0 Å². The molecule has 32 heavy (non-hydrogen) atoms. The number of aromatic nitrogens is 4. The summed E-state index contributed by atoms with van der Waals surface area (Å²) in [4.78, 5) is 17.3. The number of hydrogen-bond donors (Lipinski definition) is 1. The summed E-state index contributed by atoms with van der Waals surface area (Å²) in [6.45, 7) is 0. The molecular weight excluding hydrogens is 400 g/mol. The predicted octanol–water partition coefficient (Wildman–Crippen LogP) is 4.19. The highest BCUT2D eigenvalue weighted by atomic mass is 16.2. The molecule has 0 saturated carbocycles. The van der Waals surface area contributed by atoms with E-state index in [1.807, 2.05) is 103 Å². The molecule has 0 radical (unpaired) electrons. The highest BCUT2D eigenvalue weighted by Gasteiger charge is 2.18. The minimum atomic E-state index is -0.478. The van der Waals surface area contributed by atoms with E-state index in [2.05, 4.69) is 20.6 Å². The van der Waals surface area contributed by atoms with Gasteiger partial charge in [-0.2, -0.15) is 5.10 Å². The summed E-state index contributed by atoms with van der Waals surface area (Å²) in [5.74, 6) is 0.149. The van der Waals surface area contributed by atoms with Crippen molar-refractivity contribution in [3.63, 3.8) is 0 Å². The summed E-state index contributed by atoms with van der Waals surface area (Å²) in [6.07, 6.45) is 3.60. The number of nitrogens with zero attached hydrogens (tertiary/aromatic N) is 5. The van der Waals surface area contributed by atoms with E-state index < -0.39 is 5.91 Å². The van der Waals surface area contributed by atoms with E-state index in [0.29, 0.717) is 5.82 Å². The van der Waals surface area contributed by atoms with Gasteiger partial charge in [-0.25, -0.2) is 15.1 Å². The molecular formula is C25H20N6O. The van der Waals surface area contributed by atoms with Crippen LogP contribution in [0.4, 0.5) is 0 Å². The number of carbonyl (C=O) groups is 1. The van der Waals surface area contributed by atoms with Gasteiger partial charge in [0.05, 0.1) is 11.9 Å². The van der Waals surface area contributed by atoms with Gasteiger partial charge in [0.1, 0.15) is 0 Å². The Bertz CT molecular complexity index is 1360. The average Bonchev–Trinajstić information content (AvgIpc) is 3.43. The first-order chi connectivity index (χ1) is 15.7. The van der Waals surface area contributed by atoms with Crippen molar-refractivity contribution >= 4 is 23.0 Å². The monoisotopic (exact) mass is 420 g/mol. The highest BCUT2D eigenvalue weighted by Crippen LogP contribution is 2.21. The minimum Gasteiger partial charge on any atom is -0.350 e. The van der Waals surface area contributed by atoms with Crippen LogP contribution in [0.2, 0.25) is 0 Å². The molecule has 0 saturated heterocycles. The zero-order valence-corrected chi connectivity index (χ0v) is 17.4. The summed E-state index contributed by atoms with van der Waals surface area (Å²) in [6, 6.07) is 27.3. The Labute approximate surface area is 184 Å². The SMILES string of the molecule is Cn1cc(/C=N\NC(=O)c2nc(-c3ccccc3)n(-c3ccccc3)n2)c2ccccc21. The van der Waals surface area contributed by atoms with Gasteiger partial charge in [-0.15, -0.1) is 5.10 Å². The fraction of sp³-hybridized carbons (Fsp3) is 0.0400. The van der Waals surface area contributed by atoms with Crippen LogP contribution in [0.15, 0.2) is 96.2 Å². The fourth-order valence-electron chi connectivity index (χ4n) is 3.62. The van der Waals surface area contributed by atoms with Gasteiger partial charge in [0.15, 0.2) is 5.82 Å². The molecule has 0 fully saturated rings. The first-order valence-corrected chi connectivity index (χ1v) is 10.2. The lowest BCUT2D eigenvalue weighted by molar-refractivity contribution is 0.0945. The van der Waals surface area contributed by atoms with Crippen molar-refractivity contribution in [2.75, 3.05) is 0 Å². The van der Waals surface area contributed by atoms with E-state index in [0.717, 1.165) is 27.7 Å². The number of hydrazone groups is 1. The van der Waals surface area contributed by atoms with Crippen LogP contribution in [0.1, 0.15) is 16.2 Å². The second-order valence-corrected chi connectivity index (χ2v) is 7.28. The minimum absolute atomic E-state index is 0.0442. The van der Waals surface area contributed by atoms with E-state index in [1.54, 1.807) is 10.9 Å². The topological polar surface area (TPSA) is 77.1 Å². The van der Waals surface area contributed by atoms with Gasteiger partial charge < -0.3 is 4.57 Å². The molecule has 1 N–H and O–H groups in total. The lowest BCUT2D eigenvalue weighted by Crippen LogP contribution is -2.19. The maximum atomic E-state index is 12.8. The Kier molecular flexibility index (Phi) is 5.05. The smallest absolute Gasteiger partial charge is 0.311 e. The Hall–Kier alpha value is -4.52. The lowest BCUT2D eigenvalue weighted by atomic mass is 10.2. The standard InChI is InChI=1S/C25H20N6O/c1-30-17-19(21-14-8-9-15-22(21)30)16-26-28-25(32)23-27-24(18-10-4-2-5-11-18)31(29-23)20-12-6-3-7-13-20/h2-17H,1H3,(H,28,32)/b26-16-. The van der Waals surface area contributed by atoms with Gasteiger partial charge in [0.2, 0.25) is 5.82 Å². The van der Waals surface area contributed by atoms with Crippen molar-refractivity contribution in [1.82, 2.24) is 24.8 Å². The normalized spacial score (nSPS) is 11.3. The van der Waals surface area contributed by atoms with E-state index in [1.165, 1.54) is 0 Å². The van der Waals surface area contributed by atoms with Crippen LogP contribution in [0.3, 0.4) is 0 Å². The van der Waals surface area contributed by atoms with Crippen molar-refractivity contribution in [3.8, 4) is 17.1 Å². The van der Waals surface area contributed by atoms with Crippen molar-refractivity contribution in [3.05, 3.63) is 103 Å². The van der Waals surface area contributed by atoms with E-state index in [4.69, 9.17) is 0 Å². The number of amides is 1. The molecule has 7 nitrogen and oxygen atoms in total. The van der Waals surface area contributed by atoms with Crippen LogP contribution in [0.25, 0.3) is 28.0 Å². The van der Waals surface area contributed by atoms with Gasteiger partial charge in [-0.3, -0.25) is 4.79 Å². The molecule has 0 atom stereocenters. The van der Waals surface area contributed by atoms with Gasteiger partial charge >= 0.3 is 5.91 Å². The average molecular weight is 420 g/mol. The lowest BCUT2D eigenvalue weighted by Gasteiger charge is -2.05. The summed E-state index contributed by atoms with van der Waals surface area (Å²) < 4.78 is 3.69. The molecule has 3 aromatic carbocycles. The number of nitrogens with one attached hydrogen (secondary N) is 1. The van der Waals surface area contributed by atoms with Crippen molar-refractivity contribution in [2.45, 2.75) is 0 Å². The number of hydrogen-bond acceptors (Lipinski definition) is 4. The maximum absolute atomic E-state index is 12.8. The van der Waals surface area contributed by atoms with E-state index in [9.17, 15) is 4.79 Å². The summed E-state index contributed by atoms with van der Waals surface area (Å²) in [5, 5.41) is 9.65. The predicted molar refractivity (Wildman–Crippen MR) is 125 cm³/mol. The zero-order valence-electron chi connectivity index (χ0n) is 17.4. The number of para-hydroxylation sites is 2. The van der Waals surface area contributed by atoms with Gasteiger partial charge in [0, 0.05) is 35.3 Å². The number of fused-ring (bicyclic) bond motifs is 1. The molecule has 2 heterocycles. The molecule has 5 rings (SSSR count). The number of benzene rings is 3. The third kappa shape index (κ3) is 3.67. The zero-order chi connectivity index (χ0) is 21.9. The Balaban J connectivity index is 1.44. The van der Waals surface area contributed by atoms with Gasteiger partial charge in [-0.1, -0.05) is 66.7 Å². The molecule has 1 amide bonds. The molecule has 2 aromatic heterocycles. The Morgan fingerprint density at radius 2 is 1.62 bits per heavy atom. The van der Waals surface area contributed by atoms with E-state index >= 15 is 0 Å². The first kappa shape index (κ1) is 19.4. The van der Waals surface area contributed by atoms with Crippen LogP contribution in [0.5, 0.6) is 0 Å². The first-order valence-electron chi connectivity index (χ1n) is 10.2. The molecule has 0 unspecified atom stereocenters. The van der Waals surface area contributed by atoms with Crippen molar-refractivity contribution in [2.24, 2.45) is 12.1 Å². The molecule has 0 aliphatic carbocycles. The van der Waals surface area contributed by atoms with Crippen LogP contribution in [-0.2, 0) is 7.05 Å². The van der Waals surface area contributed by atoms with Crippen LogP contribution < -0.4 is 5.43 Å². The molecule has 156 valence electrons. The van der Waals surface area contributed by atoms with E-state index in [-0.39, 0.29) is 5.82 Å². The number of aryl methyl sites for hydroxylation is 1. The molecule has 7 heteroatoms. The highest BCUT2D eigenvalue weighted by molar-refractivity contribution is 6.00. The van der Waals surface area contributed by atoms with Crippen molar-refractivity contribution in [1.29, 1.82) is 0 Å². The van der Waals surface area contributed by atoms with Gasteiger partial charge in [-0.05, 0) is 18.2 Å². The Morgan fingerprint density at radius 1 is 0.938 bits per heavy atom. The Morgan fingerprint density at radius 3 is 2.41 bits per heavy atom. The summed E-state index contributed by atoms with van der Waals surface area (Å²) >= 11 is 0. The molecule has 0 aliphatic rings. The molecule has 5 aromatic rings. The molecule has 0 spiro atoms. The van der Waals surface area contributed by atoms with Crippen LogP contribution in [0, 0.1) is 0 Å². The maximum Gasteiger partial charge on any atom is 0.311 e. The fourth-order valence-corrected chi connectivity index (χ4v) is 3.62. The van der Waals surface area contributed by atoms with Gasteiger partial charge in [0.25, 0.3) is 0 Å². The molecule has 0 bridgehead atoms. The summed E-state index contributed by atoms with van der Waals surface area (Å²) in [5.41, 5.74) is 6.23. The largest absolute Gasteiger partial charge is 0.350 e. The third-order valence-corrected chi connectivity index (χ3v) is 5.14. The summed E-state index contributed by atoms with van der Waals surface area (Å²) in [7, 11) is 1.98. The third-order valence-electron chi connectivity index (χ3n) is 5.14. The number of rotatable bonds is 5. The second kappa shape index (κ2) is 8.31. The van der Waals surface area contributed by atoms with Crippen LogP contribution in [-0.4, -0.2) is 31.5 Å². The van der Waals surface area contributed by atoms with Crippen molar-refractivity contribution < 1.29 is 4.79 Å². The quantitative estimate of drug-likeness (QED) is 0.342.